The zero-order valence-electron chi connectivity index (χ0n) is 7.58. The summed E-state index contributed by atoms with van der Waals surface area (Å²) in [5.41, 5.74) is 3.14. The van der Waals surface area contributed by atoms with E-state index in [0.29, 0.717) is 0 Å². The van der Waals surface area contributed by atoms with Gasteiger partial charge in [-0.2, -0.15) is 0 Å². The Morgan fingerprint density at radius 3 is 3.00 bits per heavy atom. The summed E-state index contributed by atoms with van der Waals surface area (Å²) in [7, 11) is 1.65. The number of rotatable bonds is 1. The minimum absolute atomic E-state index is 0.734. The van der Waals surface area contributed by atoms with E-state index in [9.17, 15) is 0 Å². The molecular weight excluding hydrogens is 164 g/mol. The van der Waals surface area contributed by atoms with Crippen molar-refractivity contribution in [2.45, 2.75) is 6.54 Å². The van der Waals surface area contributed by atoms with Gasteiger partial charge in [0.15, 0.2) is 0 Å². The lowest BCUT2D eigenvalue weighted by Crippen LogP contribution is -2.22. The van der Waals surface area contributed by atoms with Crippen LogP contribution in [0.3, 0.4) is 0 Å². The van der Waals surface area contributed by atoms with Crippen LogP contribution in [0.15, 0.2) is 24.8 Å². The normalized spacial score (nSPS) is 14.6. The van der Waals surface area contributed by atoms with Gasteiger partial charge in [0.05, 0.1) is 19.4 Å². The van der Waals surface area contributed by atoms with E-state index in [2.05, 4.69) is 6.58 Å². The topological polar surface area (TPSA) is 38.5 Å². The number of methoxy groups -OCH3 is 1. The predicted molar refractivity (Wildman–Crippen MR) is 51.8 cm³/mol. The smallest absolute Gasteiger partial charge is 0.119 e. The lowest BCUT2D eigenvalue weighted by molar-refractivity contribution is 0.414. The number of nitrogens with zero attached hydrogens (tertiary/aromatic N) is 1. The third-order valence-corrected chi connectivity index (χ3v) is 2.32. The van der Waals surface area contributed by atoms with Crippen molar-refractivity contribution >= 4 is 5.70 Å². The molecule has 2 N–H and O–H groups in total. The van der Waals surface area contributed by atoms with Gasteiger partial charge in [-0.05, 0) is 17.7 Å². The number of hydrazine groups is 1. The first-order chi connectivity index (χ1) is 6.22. The van der Waals surface area contributed by atoms with Crippen LogP contribution >= 0.6 is 0 Å². The van der Waals surface area contributed by atoms with Crippen LogP contribution in [0.1, 0.15) is 11.1 Å². The van der Waals surface area contributed by atoms with E-state index in [1.165, 1.54) is 5.56 Å². The van der Waals surface area contributed by atoms with E-state index in [0.717, 1.165) is 23.6 Å². The van der Waals surface area contributed by atoms with Crippen LogP contribution in [0, 0.1) is 0 Å². The Balaban J connectivity index is 2.48. The maximum Gasteiger partial charge on any atom is 0.119 e. The lowest BCUT2D eigenvalue weighted by atomic mass is 10.1. The van der Waals surface area contributed by atoms with E-state index in [1.54, 1.807) is 12.1 Å². The van der Waals surface area contributed by atoms with Crippen molar-refractivity contribution < 1.29 is 4.74 Å². The average molecular weight is 176 g/mol. The highest BCUT2D eigenvalue weighted by molar-refractivity contribution is 5.69. The molecule has 68 valence electrons. The Bertz CT molecular complexity index is 360. The molecule has 0 saturated carbocycles. The van der Waals surface area contributed by atoms with Gasteiger partial charge in [-0.15, -0.1) is 0 Å². The number of benzene rings is 1. The molecule has 3 heteroatoms. The quantitative estimate of drug-likeness (QED) is 0.656. The van der Waals surface area contributed by atoms with Crippen LogP contribution in [0.5, 0.6) is 5.75 Å². The summed E-state index contributed by atoms with van der Waals surface area (Å²) in [5.74, 6) is 6.56. The second kappa shape index (κ2) is 2.78. The zero-order valence-corrected chi connectivity index (χ0v) is 7.58. The molecule has 0 atom stereocenters. The third-order valence-electron chi connectivity index (χ3n) is 2.32. The Hall–Kier alpha value is -1.48. The summed E-state index contributed by atoms with van der Waals surface area (Å²) in [6, 6.07) is 5.92. The highest BCUT2D eigenvalue weighted by Gasteiger charge is 2.19. The van der Waals surface area contributed by atoms with E-state index in [1.807, 2.05) is 18.2 Å². The van der Waals surface area contributed by atoms with Gasteiger partial charge >= 0.3 is 0 Å². The van der Waals surface area contributed by atoms with Gasteiger partial charge in [-0.25, -0.2) is 5.84 Å². The monoisotopic (exact) mass is 176 g/mol. The van der Waals surface area contributed by atoms with Crippen LogP contribution in [0.25, 0.3) is 5.70 Å². The summed E-state index contributed by atoms with van der Waals surface area (Å²) in [4.78, 5) is 0. The SMILES string of the molecule is C=C1c2cc(OC)ccc2CN1N. The molecule has 2 rings (SSSR count). The van der Waals surface area contributed by atoms with Crippen molar-refractivity contribution in [3.05, 3.63) is 35.9 Å². The molecule has 0 bridgehead atoms. The van der Waals surface area contributed by atoms with Crippen molar-refractivity contribution in [2.24, 2.45) is 5.84 Å². The van der Waals surface area contributed by atoms with Crippen molar-refractivity contribution in [2.75, 3.05) is 7.11 Å². The van der Waals surface area contributed by atoms with E-state index < -0.39 is 0 Å². The minimum atomic E-state index is 0.734. The Kier molecular flexibility index (Phi) is 1.74. The Morgan fingerprint density at radius 2 is 2.31 bits per heavy atom. The van der Waals surface area contributed by atoms with E-state index in [4.69, 9.17) is 10.6 Å². The molecule has 1 aromatic carbocycles. The maximum absolute atomic E-state index is 5.71. The molecule has 0 amide bonds. The van der Waals surface area contributed by atoms with Gasteiger partial charge in [0.25, 0.3) is 0 Å². The molecule has 13 heavy (non-hydrogen) atoms. The van der Waals surface area contributed by atoms with Crippen LogP contribution < -0.4 is 10.6 Å². The van der Waals surface area contributed by atoms with Crippen LogP contribution in [0.2, 0.25) is 0 Å². The number of hydrogen-bond acceptors (Lipinski definition) is 3. The highest BCUT2D eigenvalue weighted by atomic mass is 16.5. The van der Waals surface area contributed by atoms with Crippen LogP contribution in [-0.2, 0) is 6.54 Å². The summed E-state index contributed by atoms with van der Waals surface area (Å²) in [6.45, 7) is 4.63. The standard InChI is InChI=1S/C10H12N2O/c1-7-10-5-9(13-2)4-3-8(10)6-12(7)11/h3-5H,1,6,11H2,2H3. The Morgan fingerprint density at radius 1 is 1.54 bits per heavy atom. The summed E-state index contributed by atoms with van der Waals surface area (Å²) in [5, 5.41) is 1.64. The first-order valence-electron chi connectivity index (χ1n) is 4.11. The lowest BCUT2D eigenvalue weighted by Gasteiger charge is -2.09. The van der Waals surface area contributed by atoms with Gasteiger partial charge in [0, 0.05) is 5.56 Å². The molecule has 0 radical (unpaired) electrons. The summed E-state index contributed by atoms with van der Waals surface area (Å²) >= 11 is 0. The molecule has 1 aliphatic rings. The molecule has 0 aromatic heterocycles. The molecule has 0 unspecified atom stereocenters. The van der Waals surface area contributed by atoms with Crippen molar-refractivity contribution in [1.29, 1.82) is 0 Å². The molecule has 0 fully saturated rings. The fourth-order valence-electron chi connectivity index (χ4n) is 1.52. The molecule has 1 aliphatic heterocycles. The molecule has 0 spiro atoms. The largest absolute Gasteiger partial charge is 0.497 e. The second-order valence-corrected chi connectivity index (χ2v) is 3.10. The molecule has 3 nitrogen and oxygen atoms in total. The molecule has 1 heterocycles. The van der Waals surface area contributed by atoms with E-state index >= 15 is 0 Å². The summed E-state index contributed by atoms with van der Waals surface area (Å²) < 4.78 is 5.12. The van der Waals surface area contributed by atoms with Gasteiger partial charge in [0.1, 0.15) is 5.75 Å². The minimum Gasteiger partial charge on any atom is -0.497 e. The summed E-state index contributed by atoms with van der Waals surface area (Å²) in [6.07, 6.45) is 0. The van der Waals surface area contributed by atoms with E-state index in [-0.39, 0.29) is 0 Å². The number of hydrogen-bond donors (Lipinski definition) is 1. The number of nitrogens with two attached hydrogens (primary N) is 1. The van der Waals surface area contributed by atoms with Crippen molar-refractivity contribution in [3.63, 3.8) is 0 Å². The highest BCUT2D eigenvalue weighted by Crippen LogP contribution is 2.31. The van der Waals surface area contributed by atoms with Gasteiger partial charge in [0.2, 0.25) is 0 Å². The van der Waals surface area contributed by atoms with Gasteiger partial charge in [-0.3, -0.25) is 0 Å². The first kappa shape index (κ1) is 8.13. The predicted octanol–water partition coefficient (Wildman–Crippen LogP) is 1.36. The van der Waals surface area contributed by atoms with Gasteiger partial charge in [-0.1, -0.05) is 12.6 Å². The molecule has 0 aliphatic carbocycles. The van der Waals surface area contributed by atoms with Gasteiger partial charge < -0.3 is 9.75 Å². The van der Waals surface area contributed by atoms with Crippen LogP contribution in [-0.4, -0.2) is 12.1 Å². The average Bonchev–Trinajstić information content (AvgIpc) is 2.43. The second-order valence-electron chi connectivity index (χ2n) is 3.10. The number of fused-ring (bicyclic) bond motifs is 1. The molecular formula is C10H12N2O. The van der Waals surface area contributed by atoms with Crippen LogP contribution in [0.4, 0.5) is 0 Å². The Labute approximate surface area is 77.4 Å². The third kappa shape index (κ3) is 1.17. The van der Waals surface area contributed by atoms with Crippen molar-refractivity contribution in [1.82, 2.24) is 5.01 Å². The fourth-order valence-corrected chi connectivity index (χ4v) is 1.52. The number of ether oxygens (including phenoxy) is 1. The van der Waals surface area contributed by atoms with Crippen molar-refractivity contribution in [3.8, 4) is 5.75 Å². The molecule has 1 aromatic rings. The first-order valence-corrected chi connectivity index (χ1v) is 4.11. The fraction of sp³-hybridized carbons (Fsp3) is 0.200. The zero-order chi connectivity index (χ0) is 9.42. The molecule has 0 saturated heterocycles. The maximum atomic E-state index is 5.71.